The minimum Gasteiger partial charge on any atom is -0.452 e. The lowest BCUT2D eigenvalue weighted by Crippen LogP contribution is -2.29. The molecular formula is C20H22N2O4. The van der Waals surface area contributed by atoms with Crippen LogP contribution >= 0.6 is 0 Å². The molecule has 6 nitrogen and oxygen atoms in total. The number of benzene rings is 2. The van der Waals surface area contributed by atoms with Crippen LogP contribution in [0, 0.1) is 0 Å². The van der Waals surface area contributed by atoms with Gasteiger partial charge < -0.3 is 15.4 Å². The number of carbonyl (C=O) groups excluding carboxylic acids is 3. The lowest BCUT2D eigenvalue weighted by atomic mass is 10.1. The predicted molar refractivity (Wildman–Crippen MR) is 98.8 cm³/mol. The fourth-order valence-corrected chi connectivity index (χ4v) is 2.32. The molecule has 0 saturated carbocycles. The molecule has 0 radical (unpaired) electrons. The highest BCUT2D eigenvalue weighted by molar-refractivity contribution is 5.93. The van der Waals surface area contributed by atoms with Crippen molar-refractivity contribution in [1.29, 1.82) is 0 Å². The third-order valence-corrected chi connectivity index (χ3v) is 3.58. The second-order valence-electron chi connectivity index (χ2n) is 5.77. The van der Waals surface area contributed by atoms with E-state index in [-0.39, 0.29) is 18.4 Å². The molecule has 0 unspecified atom stereocenters. The second-order valence-corrected chi connectivity index (χ2v) is 5.77. The molecule has 2 N–H and O–H groups in total. The van der Waals surface area contributed by atoms with Gasteiger partial charge in [0.1, 0.15) is 0 Å². The molecule has 0 aliphatic rings. The first-order valence-corrected chi connectivity index (χ1v) is 8.40. The zero-order chi connectivity index (χ0) is 18.8. The Morgan fingerprint density at radius 3 is 2.31 bits per heavy atom. The van der Waals surface area contributed by atoms with Gasteiger partial charge in [0.2, 0.25) is 5.91 Å². The molecule has 0 aliphatic carbocycles. The summed E-state index contributed by atoms with van der Waals surface area (Å²) in [5, 5.41) is 5.33. The van der Waals surface area contributed by atoms with E-state index in [9.17, 15) is 14.4 Å². The van der Waals surface area contributed by atoms with Crippen LogP contribution in [0.2, 0.25) is 0 Å². The van der Waals surface area contributed by atoms with E-state index < -0.39 is 5.97 Å². The first-order valence-electron chi connectivity index (χ1n) is 8.40. The minimum atomic E-state index is -0.584. The highest BCUT2D eigenvalue weighted by Gasteiger charge is 2.10. The Bertz CT molecular complexity index is 742. The second kappa shape index (κ2) is 9.98. The van der Waals surface area contributed by atoms with Crippen molar-refractivity contribution in [3.63, 3.8) is 0 Å². The van der Waals surface area contributed by atoms with Crippen molar-refractivity contribution in [3.05, 3.63) is 65.7 Å². The van der Waals surface area contributed by atoms with Crippen molar-refractivity contribution in [2.75, 3.05) is 18.5 Å². The Hall–Kier alpha value is -3.15. The van der Waals surface area contributed by atoms with Gasteiger partial charge in [-0.3, -0.25) is 9.59 Å². The largest absolute Gasteiger partial charge is 0.452 e. The summed E-state index contributed by atoms with van der Waals surface area (Å²) < 4.78 is 4.99. The number of anilines is 1. The molecule has 0 spiro atoms. The van der Waals surface area contributed by atoms with Gasteiger partial charge in [-0.05, 0) is 42.7 Å². The van der Waals surface area contributed by atoms with Crippen molar-refractivity contribution in [2.24, 2.45) is 0 Å². The van der Waals surface area contributed by atoms with Gasteiger partial charge in [0.15, 0.2) is 6.61 Å². The molecular weight excluding hydrogens is 332 g/mol. The average Bonchev–Trinajstić information content (AvgIpc) is 2.64. The lowest BCUT2D eigenvalue weighted by molar-refractivity contribution is -0.124. The quantitative estimate of drug-likeness (QED) is 0.564. The summed E-state index contributed by atoms with van der Waals surface area (Å²) in [7, 11) is 0. The van der Waals surface area contributed by atoms with E-state index in [0.717, 1.165) is 12.8 Å². The zero-order valence-corrected chi connectivity index (χ0v) is 14.7. The standard InChI is InChI=1S/C20H22N2O4/c1-15(23)22-18-11-9-17(10-12-18)20(25)26-14-19(24)21-13-5-8-16-6-3-2-4-7-16/h2-4,6-7,9-12H,5,8,13-14H2,1H3,(H,21,24)(H,22,23). The number of hydrogen-bond donors (Lipinski definition) is 2. The van der Waals surface area contributed by atoms with Crippen LogP contribution in [0.15, 0.2) is 54.6 Å². The molecule has 0 bridgehead atoms. The van der Waals surface area contributed by atoms with Crippen LogP contribution in [0.3, 0.4) is 0 Å². The maximum Gasteiger partial charge on any atom is 0.338 e. The highest BCUT2D eigenvalue weighted by atomic mass is 16.5. The summed E-state index contributed by atoms with van der Waals surface area (Å²) in [5.41, 5.74) is 2.12. The van der Waals surface area contributed by atoms with Crippen LogP contribution < -0.4 is 10.6 Å². The Morgan fingerprint density at radius 2 is 1.65 bits per heavy atom. The summed E-state index contributed by atoms with van der Waals surface area (Å²) in [6, 6.07) is 16.3. The van der Waals surface area contributed by atoms with E-state index >= 15 is 0 Å². The van der Waals surface area contributed by atoms with Crippen LogP contribution in [0.25, 0.3) is 0 Å². The van der Waals surface area contributed by atoms with Gasteiger partial charge in [0.25, 0.3) is 5.91 Å². The number of amides is 2. The molecule has 2 aromatic rings. The Morgan fingerprint density at radius 1 is 0.962 bits per heavy atom. The van der Waals surface area contributed by atoms with Crippen LogP contribution in [0.5, 0.6) is 0 Å². The van der Waals surface area contributed by atoms with Gasteiger partial charge in [-0.2, -0.15) is 0 Å². The normalized spacial score (nSPS) is 10.0. The van der Waals surface area contributed by atoms with Crippen molar-refractivity contribution in [2.45, 2.75) is 19.8 Å². The Kier molecular flexibility index (Phi) is 7.36. The number of ether oxygens (including phenoxy) is 1. The van der Waals surface area contributed by atoms with Crippen molar-refractivity contribution in [3.8, 4) is 0 Å². The SMILES string of the molecule is CC(=O)Nc1ccc(C(=O)OCC(=O)NCCCc2ccccc2)cc1. The van der Waals surface area contributed by atoms with Gasteiger partial charge in [-0.1, -0.05) is 30.3 Å². The molecule has 2 rings (SSSR count). The number of hydrogen-bond acceptors (Lipinski definition) is 4. The average molecular weight is 354 g/mol. The number of aryl methyl sites for hydroxylation is 1. The summed E-state index contributed by atoms with van der Waals surface area (Å²) in [6.45, 7) is 1.61. The number of rotatable bonds is 8. The van der Waals surface area contributed by atoms with E-state index in [1.54, 1.807) is 12.1 Å². The topological polar surface area (TPSA) is 84.5 Å². The fourth-order valence-electron chi connectivity index (χ4n) is 2.32. The minimum absolute atomic E-state index is 0.190. The molecule has 0 saturated heterocycles. The molecule has 26 heavy (non-hydrogen) atoms. The summed E-state index contributed by atoms with van der Waals surface area (Å²) in [5.74, 6) is -1.11. The zero-order valence-electron chi connectivity index (χ0n) is 14.7. The van der Waals surface area contributed by atoms with E-state index in [1.165, 1.54) is 24.6 Å². The number of nitrogens with one attached hydrogen (secondary N) is 2. The summed E-state index contributed by atoms with van der Waals surface area (Å²) in [4.78, 5) is 34.6. The van der Waals surface area contributed by atoms with Crippen molar-refractivity contribution >= 4 is 23.5 Å². The van der Waals surface area contributed by atoms with E-state index in [0.29, 0.717) is 17.8 Å². The monoisotopic (exact) mass is 354 g/mol. The molecule has 2 amide bonds. The number of esters is 1. The molecule has 136 valence electrons. The molecule has 0 atom stereocenters. The van der Waals surface area contributed by atoms with Crippen LogP contribution in [0.4, 0.5) is 5.69 Å². The summed E-state index contributed by atoms with van der Waals surface area (Å²) >= 11 is 0. The maximum atomic E-state index is 11.9. The Labute approximate surface area is 152 Å². The third kappa shape index (κ3) is 6.76. The van der Waals surface area contributed by atoms with E-state index in [4.69, 9.17) is 4.74 Å². The molecule has 6 heteroatoms. The molecule has 0 aromatic heterocycles. The first-order chi connectivity index (χ1) is 12.5. The smallest absolute Gasteiger partial charge is 0.338 e. The lowest BCUT2D eigenvalue weighted by Gasteiger charge is -2.07. The van der Waals surface area contributed by atoms with Crippen LogP contribution in [0.1, 0.15) is 29.3 Å². The molecule has 0 heterocycles. The van der Waals surface area contributed by atoms with Gasteiger partial charge in [-0.15, -0.1) is 0 Å². The number of carbonyl (C=O) groups is 3. The maximum absolute atomic E-state index is 11.9. The summed E-state index contributed by atoms with van der Waals surface area (Å²) in [6.07, 6.45) is 1.69. The fraction of sp³-hybridized carbons (Fsp3) is 0.250. The van der Waals surface area contributed by atoms with Crippen LogP contribution in [-0.4, -0.2) is 30.9 Å². The first kappa shape index (κ1) is 19.2. The van der Waals surface area contributed by atoms with Crippen molar-refractivity contribution in [1.82, 2.24) is 5.32 Å². The predicted octanol–water partition coefficient (Wildman–Crippen LogP) is 2.55. The van der Waals surface area contributed by atoms with E-state index in [2.05, 4.69) is 10.6 Å². The molecule has 2 aromatic carbocycles. The molecule has 0 fully saturated rings. The van der Waals surface area contributed by atoms with Gasteiger partial charge in [0, 0.05) is 19.2 Å². The van der Waals surface area contributed by atoms with E-state index in [1.807, 2.05) is 30.3 Å². The van der Waals surface area contributed by atoms with Gasteiger partial charge >= 0.3 is 5.97 Å². The molecule has 0 aliphatic heterocycles. The van der Waals surface area contributed by atoms with Gasteiger partial charge in [0.05, 0.1) is 5.56 Å². The van der Waals surface area contributed by atoms with Gasteiger partial charge in [-0.25, -0.2) is 4.79 Å². The van der Waals surface area contributed by atoms with Crippen molar-refractivity contribution < 1.29 is 19.1 Å². The third-order valence-electron chi connectivity index (χ3n) is 3.58. The highest BCUT2D eigenvalue weighted by Crippen LogP contribution is 2.10. The van der Waals surface area contributed by atoms with Crippen LogP contribution in [-0.2, 0) is 20.7 Å². The Balaban J connectivity index is 1.66.